The van der Waals surface area contributed by atoms with Crippen LogP contribution in [0.2, 0.25) is 5.02 Å². The first kappa shape index (κ1) is 15.0. The fourth-order valence-electron chi connectivity index (χ4n) is 1.92. The van der Waals surface area contributed by atoms with E-state index < -0.39 is 0 Å². The van der Waals surface area contributed by atoms with Gasteiger partial charge in [-0.15, -0.1) is 0 Å². The Morgan fingerprint density at radius 1 is 1.50 bits per heavy atom. The smallest absolute Gasteiger partial charge is 0.233 e. The Balaban J connectivity index is 2.93. The molecule has 0 aliphatic heterocycles. The van der Waals surface area contributed by atoms with E-state index >= 15 is 0 Å². The molecule has 100 valence electrons. The van der Waals surface area contributed by atoms with Crippen molar-refractivity contribution in [2.75, 3.05) is 26.7 Å². The van der Waals surface area contributed by atoms with Crippen molar-refractivity contribution < 1.29 is 4.79 Å². The van der Waals surface area contributed by atoms with E-state index in [0.717, 1.165) is 12.1 Å². The lowest BCUT2D eigenvalue weighted by Gasteiger charge is -2.30. The predicted octanol–water partition coefficient (Wildman–Crippen LogP) is 1.41. The van der Waals surface area contributed by atoms with E-state index in [0.29, 0.717) is 18.1 Å². The number of carbonyl (C=O) groups excluding carboxylic acids is 1. The molecule has 0 aliphatic carbocycles. The lowest BCUT2D eigenvalue weighted by molar-refractivity contribution is -0.122. The normalized spacial score (nSPS) is 12.5. The number of amides is 1. The number of hydrogen-bond acceptors (Lipinski definition) is 3. The van der Waals surface area contributed by atoms with Crippen LogP contribution in [-0.2, 0) is 4.79 Å². The molecule has 0 aliphatic rings. The Morgan fingerprint density at radius 2 is 2.17 bits per heavy atom. The van der Waals surface area contributed by atoms with Crippen molar-refractivity contribution >= 4 is 17.5 Å². The fourth-order valence-corrected chi connectivity index (χ4v) is 2.19. The van der Waals surface area contributed by atoms with Gasteiger partial charge in [0.25, 0.3) is 0 Å². The molecule has 1 aromatic rings. The van der Waals surface area contributed by atoms with Crippen LogP contribution in [0.5, 0.6) is 0 Å². The molecule has 0 heterocycles. The number of nitrogens with two attached hydrogens (primary N) is 1. The van der Waals surface area contributed by atoms with Gasteiger partial charge in [-0.1, -0.05) is 36.7 Å². The SMILES string of the molecule is CCN(CC(=O)NC)C(CN)c1ccccc1Cl. The van der Waals surface area contributed by atoms with E-state index in [-0.39, 0.29) is 11.9 Å². The first-order valence-electron chi connectivity index (χ1n) is 6.03. The Morgan fingerprint density at radius 3 is 2.67 bits per heavy atom. The van der Waals surface area contributed by atoms with Gasteiger partial charge in [0.15, 0.2) is 0 Å². The fraction of sp³-hybridized carbons (Fsp3) is 0.462. The monoisotopic (exact) mass is 269 g/mol. The lowest BCUT2D eigenvalue weighted by atomic mass is 10.1. The summed E-state index contributed by atoms with van der Waals surface area (Å²) in [7, 11) is 1.63. The van der Waals surface area contributed by atoms with Crippen LogP contribution < -0.4 is 11.1 Å². The molecule has 0 spiro atoms. The average Bonchev–Trinajstić information content (AvgIpc) is 2.40. The van der Waals surface area contributed by atoms with E-state index in [9.17, 15) is 4.79 Å². The quantitative estimate of drug-likeness (QED) is 0.821. The third kappa shape index (κ3) is 3.70. The standard InChI is InChI=1S/C13H20ClN3O/c1-3-17(9-13(18)16-2)12(8-15)10-6-4-5-7-11(10)14/h4-7,12H,3,8-9,15H2,1-2H3,(H,16,18). The molecule has 1 unspecified atom stereocenters. The number of nitrogens with one attached hydrogen (secondary N) is 1. The molecule has 4 nitrogen and oxygen atoms in total. The minimum Gasteiger partial charge on any atom is -0.358 e. The zero-order valence-corrected chi connectivity index (χ0v) is 11.6. The van der Waals surface area contributed by atoms with Crippen molar-refractivity contribution in [3.05, 3.63) is 34.9 Å². The van der Waals surface area contributed by atoms with Gasteiger partial charge in [-0.25, -0.2) is 0 Å². The maximum atomic E-state index is 11.5. The van der Waals surface area contributed by atoms with Crippen LogP contribution in [0, 0.1) is 0 Å². The van der Waals surface area contributed by atoms with Crippen LogP contribution in [0.1, 0.15) is 18.5 Å². The first-order valence-corrected chi connectivity index (χ1v) is 6.40. The van der Waals surface area contributed by atoms with Gasteiger partial charge >= 0.3 is 0 Å². The third-order valence-corrected chi connectivity index (χ3v) is 3.30. The molecule has 0 fully saturated rings. The molecule has 0 saturated heterocycles. The molecule has 0 bridgehead atoms. The number of rotatable bonds is 6. The van der Waals surface area contributed by atoms with Crippen molar-refractivity contribution in [1.29, 1.82) is 0 Å². The Kier molecular flexibility index (Phi) is 6.12. The van der Waals surface area contributed by atoms with Gasteiger partial charge in [-0.05, 0) is 18.2 Å². The Labute approximate surface area is 113 Å². The lowest BCUT2D eigenvalue weighted by Crippen LogP contribution is -2.40. The van der Waals surface area contributed by atoms with E-state index in [1.807, 2.05) is 36.1 Å². The number of benzene rings is 1. The molecule has 1 atom stereocenters. The van der Waals surface area contributed by atoms with Crippen LogP contribution in [0.25, 0.3) is 0 Å². The van der Waals surface area contributed by atoms with Crippen LogP contribution in [0.15, 0.2) is 24.3 Å². The summed E-state index contributed by atoms with van der Waals surface area (Å²) in [4.78, 5) is 13.5. The molecule has 0 aromatic heterocycles. The van der Waals surface area contributed by atoms with Crippen molar-refractivity contribution in [3.8, 4) is 0 Å². The molecule has 1 rings (SSSR count). The molecule has 5 heteroatoms. The maximum Gasteiger partial charge on any atom is 0.233 e. The predicted molar refractivity (Wildman–Crippen MR) is 74.6 cm³/mol. The summed E-state index contributed by atoms with van der Waals surface area (Å²) in [6.07, 6.45) is 0. The van der Waals surface area contributed by atoms with Gasteiger partial charge in [-0.2, -0.15) is 0 Å². The van der Waals surface area contributed by atoms with Gasteiger partial charge in [0, 0.05) is 24.7 Å². The Bertz CT molecular complexity index is 398. The zero-order valence-electron chi connectivity index (χ0n) is 10.8. The van der Waals surface area contributed by atoms with Gasteiger partial charge in [0.05, 0.1) is 6.54 Å². The second-order valence-electron chi connectivity index (χ2n) is 4.01. The summed E-state index contributed by atoms with van der Waals surface area (Å²) in [5.41, 5.74) is 6.80. The highest BCUT2D eigenvalue weighted by molar-refractivity contribution is 6.31. The largest absolute Gasteiger partial charge is 0.358 e. The number of halogens is 1. The first-order chi connectivity index (χ1) is 8.63. The summed E-state index contributed by atoms with van der Waals surface area (Å²) in [6.45, 7) is 3.48. The molecular weight excluding hydrogens is 250 g/mol. The highest BCUT2D eigenvalue weighted by atomic mass is 35.5. The molecule has 0 radical (unpaired) electrons. The van der Waals surface area contributed by atoms with Gasteiger partial charge < -0.3 is 11.1 Å². The van der Waals surface area contributed by atoms with Gasteiger partial charge in [-0.3, -0.25) is 9.69 Å². The van der Waals surface area contributed by atoms with Crippen molar-refractivity contribution in [3.63, 3.8) is 0 Å². The summed E-state index contributed by atoms with van der Waals surface area (Å²) in [5, 5.41) is 3.30. The molecule has 18 heavy (non-hydrogen) atoms. The van der Waals surface area contributed by atoms with E-state index in [1.54, 1.807) is 7.05 Å². The zero-order chi connectivity index (χ0) is 13.5. The van der Waals surface area contributed by atoms with Crippen LogP contribution in [0.4, 0.5) is 0 Å². The van der Waals surface area contributed by atoms with Crippen LogP contribution >= 0.6 is 11.6 Å². The Hall–Kier alpha value is -1.10. The topological polar surface area (TPSA) is 58.4 Å². The van der Waals surface area contributed by atoms with Gasteiger partial charge in [0.2, 0.25) is 5.91 Å². The van der Waals surface area contributed by atoms with Crippen LogP contribution in [0.3, 0.4) is 0 Å². The summed E-state index contributed by atoms with van der Waals surface area (Å²) in [6, 6.07) is 7.56. The maximum absolute atomic E-state index is 11.5. The summed E-state index contributed by atoms with van der Waals surface area (Å²) >= 11 is 6.19. The average molecular weight is 270 g/mol. The van der Waals surface area contributed by atoms with E-state index in [1.165, 1.54) is 0 Å². The molecule has 3 N–H and O–H groups in total. The highest BCUT2D eigenvalue weighted by Crippen LogP contribution is 2.26. The minimum absolute atomic E-state index is 0.0256. The molecule has 1 amide bonds. The summed E-state index contributed by atoms with van der Waals surface area (Å²) < 4.78 is 0. The second kappa shape index (κ2) is 7.36. The second-order valence-corrected chi connectivity index (χ2v) is 4.42. The van der Waals surface area contributed by atoms with E-state index in [2.05, 4.69) is 5.32 Å². The molecular formula is C13H20ClN3O. The molecule has 1 aromatic carbocycles. The van der Waals surface area contributed by atoms with Crippen LogP contribution in [-0.4, -0.2) is 37.5 Å². The van der Waals surface area contributed by atoms with Crippen molar-refractivity contribution in [1.82, 2.24) is 10.2 Å². The highest BCUT2D eigenvalue weighted by Gasteiger charge is 2.21. The molecule has 0 saturated carbocycles. The van der Waals surface area contributed by atoms with Crippen molar-refractivity contribution in [2.24, 2.45) is 5.73 Å². The van der Waals surface area contributed by atoms with Gasteiger partial charge in [0.1, 0.15) is 0 Å². The third-order valence-electron chi connectivity index (χ3n) is 2.96. The summed E-state index contributed by atoms with van der Waals surface area (Å²) in [5.74, 6) is -0.0256. The number of nitrogens with zero attached hydrogens (tertiary/aromatic N) is 1. The number of likely N-dealkylation sites (N-methyl/N-ethyl adjacent to an activating group) is 2. The van der Waals surface area contributed by atoms with E-state index in [4.69, 9.17) is 17.3 Å². The minimum atomic E-state index is -0.0407. The van der Waals surface area contributed by atoms with Crippen molar-refractivity contribution in [2.45, 2.75) is 13.0 Å². The number of carbonyl (C=O) groups is 1. The number of hydrogen-bond donors (Lipinski definition) is 2.